The van der Waals surface area contributed by atoms with Crippen LogP contribution in [0.2, 0.25) is 5.02 Å². The molecule has 36 heavy (non-hydrogen) atoms. The number of thiazole rings is 1. The Hall–Kier alpha value is -2.63. The Morgan fingerprint density at radius 1 is 1.03 bits per heavy atom. The van der Waals surface area contributed by atoms with E-state index in [4.69, 9.17) is 16.3 Å². The summed E-state index contributed by atoms with van der Waals surface area (Å²) in [6.45, 7) is 14.1. The van der Waals surface area contributed by atoms with Gasteiger partial charge < -0.3 is 9.30 Å². The van der Waals surface area contributed by atoms with Crippen molar-refractivity contribution in [3.8, 4) is 5.75 Å². The third-order valence-electron chi connectivity index (χ3n) is 5.93. The molecule has 0 saturated carbocycles. The number of halogens is 1. The lowest BCUT2D eigenvalue weighted by Gasteiger charge is -2.23. The number of nitrogens with zero attached hydrogens (tertiary/aromatic N) is 2. The molecule has 4 aromatic rings. The summed E-state index contributed by atoms with van der Waals surface area (Å²) < 4.78 is 8.39. The Morgan fingerprint density at radius 3 is 2.36 bits per heavy atom. The van der Waals surface area contributed by atoms with Crippen molar-refractivity contribution in [2.75, 3.05) is 0 Å². The molecular formula is C30H35ClN2O2S. The molecule has 0 aliphatic carbocycles. The number of carbonyl (C=O) groups excluding carboxylic acids is 1. The number of ketones is 1. The first-order valence-electron chi connectivity index (χ1n) is 12.3. The predicted octanol–water partition coefficient (Wildman–Crippen LogP) is 8.59. The Labute approximate surface area is 223 Å². The molecule has 4 rings (SSSR count). The van der Waals surface area contributed by atoms with Crippen LogP contribution in [0.25, 0.3) is 10.9 Å². The van der Waals surface area contributed by atoms with E-state index in [9.17, 15) is 4.79 Å². The van der Waals surface area contributed by atoms with Gasteiger partial charge in [-0.2, -0.15) is 0 Å². The minimum Gasteiger partial charge on any atom is -0.487 e. The quantitative estimate of drug-likeness (QED) is 0.218. The second-order valence-corrected chi connectivity index (χ2v) is 13.0. The number of Topliss-reactive ketones (excluding diaryl/α,β-unsaturated/α-hetero) is 1. The van der Waals surface area contributed by atoms with E-state index >= 15 is 0 Å². The standard InChI is InChI=1S/C30H35ClN2O2S/c1-29(2,3)14-26-28(27(34)15-30(4,5)6)24-13-23(35-17-22-18-36-19-32-22)11-12-25(24)33(26)16-20-7-9-21(31)10-8-20/h7-13,18-19H,14-17H2,1-6H3. The van der Waals surface area contributed by atoms with Gasteiger partial charge in [0.15, 0.2) is 5.78 Å². The van der Waals surface area contributed by atoms with Gasteiger partial charge in [-0.05, 0) is 53.1 Å². The minimum atomic E-state index is -0.112. The maximum atomic E-state index is 13.9. The zero-order chi connectivity index (χ0) is 26.1. The van der Waals surface area contributed by atoms with Crippen LogP contribution in [0.5, 0.6) is 5.75 Å². The fourth-order valence-electron chi connectivity index (χ4n) is 4.46. The Balaban J connectivity index is 1.87. The van der Waals surface area contributed by atoms with Gasteiger partial charge in [0.2, 0.25) is 0 Å². The SMILES string of the molecule is CC(C)(C)CC(=O)c1c(CC(C)(C)C)n(Cc2ccc(Cl)cc2)c2ccc(OCc3cscn3)cc12. The van der Waals surface area contributed by atoms with Crippen LogP contribution < -0.4 is 4.74 Å². The van der Waals surface area contributed by atoms with Gasteiger partial charge in [-0.1, -0.05) is 65.3 Å². The van der Waals surface area contributed by atoms with Crippen molar-refractivity contribution in [3.63, 3.8) is 0 Å². The zero-order valence-corrected chi connectivity index (χ0v) is 23.6. The Bertz CT molecular complexity index is 1340. The lowest BCUT2D eigenvalue weighted by atomic mass is 9.84. The number of aromatic nitrogens is 2. The molecule has 0 atom stereocenters. The van der Waals surface area contributed by atoms with Crippen LogP contribution in [0.3, 0.4) is 0 Å². The lowest BCUT2D eigenvalue weighted by Crippen LogP contribution is -2.19. The Morgan fingerprint density at radius 2 is 1.75 bits per heavy atom. The van der Waals surface area contributed by atoms with E-state index in [1.807, 2.05) is 29.6 Å². The van der Waals surface area contributed by atoms with Gasteiger partial charge in [-0.3, -0.25) is 4.79 Å². The Kier molecular flexibility index (Phi) is 7.63. The summed E-state index contributed by atoms with van der Waals surface area (Å²) in [5, 5.41) is 3.66. The number of benzene rings is 2. The molecule has 0 bridgehead atoms. The highest BCUT2D eigenvalue weighted by molar-refractivity contribution is 7.07. The van der Waals surface area contributed by atoms with Gasteiger partial charge in [0, 0.05) is 45.5 Å². The number of rotatable bonds is 8. The third-order valence-corrected chi connectivity index (χ3v) is 6.82. The maximum Gasteiger partial charge on any atom is 0.165 e. The van der Waals surface area contributed by atoms with Crippen molar-refractivity contribution in [1.29, 1.82) is 0 Å². The van der Waals surface area contributed by atoms with Gasteiger partial charge in [0.1, 0.15) is 12.4 Å². The first-order chi connectivity index (χ1) is 16.9. The molecule has 2 aromatic heterocycles. The van der Waals surface area contributed by atoms with E-state index in [0.29, 0.717) is 24.6 Å². The smallest absolute Gasteiger partial charge is 0.165 e. The monoisotopic (exact) mass is 522 g/mol. The normalized spacial score (nSPS) is 12.3. The average molecular weight is 523 g/mol. The maximum absolute atomic E-state index is 13.9. The first-order valence-corrected chi connectivity index (χ1v) is 13.6. The second kappa shape index (κ2) is 10.4. The van der Waals surface area contributed by atoms with Gasteiger partial charge in [-0.25, -0.2) is 4.98 Å². The molecule has 190 valence electrons. The molecular weight excluding hydrogens is 488 g/mol. The van der Waals surface area contributed by atoms with E-state index in [1.165, 1.54) is 0 Å². The van der Waals surface area contributed by atoms with Crippen molar-refractivity contribution in [1.82, 2.24) is 9.55 Å². The highest BCUT2D eigenvalue weighted by atomic mass is 35.5. The summed E-state index contributed by atoms with van der Waals surface area (Å²) in [6.07, 6.45) is 1.27. The summed E-state index contributed by atoms with van der Waals surface area (Å²) in [7, 11) is 0. The fourth-order valence-corrected chi connectivity index (χ4v) is 5.13. The summed E-state index contributed by atoms with van der Waals surface area (Å²) in [5.74, 6) is 0.921. The van der Waals surface area contributed by atoms with E-state index in [0.717, 1.165) is 45.6 Å². The third kappa shape index (κ3) is 6.57. The summed E-state index contributed by atoms with van der Waals surface area (Å²) in [4.78, 5) is 18.2. The van der Waals surface area contributed by atoms with E-state index in [1.54, 1.807) is 16.8 Å². The first kappa shape index (κ1) is 26.4. The zero-order valence-electron chi connectivity index (χ0n) is 22.0. The molecule has 2 heterocycles. The van der Waals surface area contributed by atoms with E-state index in [-0.39, 0.29) is 16.6 Å². The molecule has 6 heteroatoms. The van der Waals surface area contributed by atoms with Crippen LogP contribution in [0.4, 0.5) is 0 Å². The van der Waals surface area contributed by atoms with E-state index in [2.05, 4.69) is 69.3 Å². The van der Waals surface area contributed by atoms with Crippen molar-refractivity contribution in [3.05, 3.63) is 80.9 Å². The molecule has 0 unspecified atom stereocenters. The molecule has 0 spiro atoms. The molecule has 0 N–H and O–H groups in total. The van der Waals surface area contributed by atoms with Crippen LogP contribution in [0, 0.1) is 10.8 Å². The fraction of sp³-hybridized carbons (Fsp3) is 0.400. The van der Waals surface area contributed by atoms with Gasteiger partial charge in [0.05, 0.1) is 11.2 Å². The predicted molar refractivity (Wildman–Crippen MR) is 150 cm³/mol. The molecule has 0 saturated heterocycles. The largest absolute Gasteiger partial charge is 0.487 e. The van der Waals surface area contributed by atoms with Crippen LogP contribution in [0.1, 0.15) is 75.3 Å². The molecule has 0 radical (unpaired) electrons. The van der Waals surface area contributed by atoms with Crippen LogP contribution in [0.15, 0.2) is 53.4 Å². The summed E-state index contributed by atoms with van der Waals surface area (Å²) in [6, 6.07) is 14.0. The van der Waals surface area contributed by atoms with Crippen LogP contribution in [-0.4, -0.2) is 15.3 Å². The van der Waals surface area contributed by atoms with Gasteiger partial charge >= 0.3 is 0 Å². The highest BCUT2D eigenvalue weighted by Crippen LogP contribution is 2.36. The number of hydrogen-bond acceptors (Lipinski definition) is 4. The van der Waals surface area contributed by atoms with Crippen LogP contribution in [-0.2, 0) is 19.6 Å². The highest BCUT2D eigenvalue weighted by Gasteiger charge is 2.28. The molecule has 4 nitrogen and oxygen atoms in total. The number of hydrogen-bond donors (Lipinski definition) is 0. The number of fused-ring (bicyclic) bond motifs is 1. The number of carbonyl (C=O) groups is 1. The van der Waals surface area contributed by atoms with Crippen molar-refractivity contribution in [2.45, 2.75) is 67.5 Å². The van der Waals surface area contributed by atoms with Crippen molar-refractivity contribution < 1.29 is 9.53 Å². The molecule has 0 fully saturated rings. The molecule has 0 aliphatic heterocycles. The van der Waals surface area contributed by atoms with E-state index < -0.39 is 0 Å². The summed E-state index contributed by atoms with van der Waals surface area (Å²) in [5.41, 5.74) is 6.69. The van der Waals surface area contributed by atoms with Crippen molar-refractivity contribution in [2.24, 2.45) is 10.8 Å². The van der Waals surface area contributed by atoms with Crippen LogP contribution >= 0.6 is 22.9 Å². The number of ether oxygens (including phenoxy) is 1. The summed E-state index contributed by atoms with van der Waals surface area (Å²) >= 11 is 7.70. The van der Waals surface area contributed by atoms with Gasteiger partial charge in [0.25, 0.3) is 0 Å². The molecule has 0 amide bonds. The lowest BCUT2D eigenvalue weighted by molar-refractivity contribution is 0.0940. The topological polar surface area (TPSA) is 44.1 Å². The van der Waals surface area contributed by atoms with Gasteiger partial charge in [-0.15, -0.1) is 11.3 Å². The molecule has 0 aliphatic rings. The second-order valence-electron chi connectivity index (χ2n) is 11.9. The van der Waals surface area contributed by atoms with Crippen molar-refractivity contribution >= 4 is 39.6 Å². The minimum absolute atomic E-state index is 0.00678. The molecule has 2 aromatic carbocycles. The average Bonchev–Trinajstić information content (AvgIpc) is 3.38.